The van der Waals surface area contributed by atoms with E-state index >= 15 is 0 Å². The van der Waals surface area contributed by atoms with Gasteiger partial charge >= 0.3 is 6.03 Å². The summed E-state index contributed by atoms with van der Waals surface area (Å²) < 4.78 is 0. The predicted molar refractivity (Wildman–Crippen MR) is 59.3 cm³/mol. The lowest BCUT2D eigenvalue weighted by molar-refractivity contribution is 0.0226. The van der Waals surface area contributed by atoms with Crippen LogP contribution in [0, 0.1) is 0 Å². The Balaban J connectivity index is 2.16. The summed E-state index contributed by atoms with van der Waals surface area (Å²) in [7, 11) is 1.55. The average Bonchev–Trinajstić information content (AvgIpc) is 2.48. The van der Waals surface area contributed by atoms with Gasteiger partial charge in [-0.1, -0.05) is 29.8 Å². The van der Waals surface area contributed by atoms with Crippen LogP contribution < -0.4 is 5.43 Å². The Hall–Kier alpha value is -1.30. The van der Waals surface area contributed by atoms with E-state index in [-0.39, 0.29) is 12.6 Å². The maximum atomic E-state index is 11.6. The molecule has 1 aromatic carbocycles. The molecular weight excluding hydrogens is 230 g/mol. The molecule has 1 unspecified atom stereocenters. The van der Waals surface area contributed by atoms with Gasteiger partial charge in [0, 0.05) is 12.1 Å². The monoisotopic (exact) mass is 241 g/mol. The molecule has 1 atom stereocenters. The highest BCUT2D eigenvalue weighted by Crippen LogP contribution is 2.19. The lowest BCUT2D eigenvalue weighted by atomic mass is 10.2. The highest BCUT2D eigenvalue weighted by atomic mass is 35.5. The average molecular weight is 242 g/mol. The highest BCUT2D eigenvalue weighted by Gasteiger charge is 2.33. The summed E-state index contributed by atoms with van der Waals surface area (Å²) >= 11 is 5.98. The Kier molecular flexibility index (Phi) is 3.00. The summed E-state index contributed by atoms with van der Waals surface area (Å²) in [5, 5.41) is 11.4. The first kappa shape index (κ1) is 11.2. The van der Waals surface area contributed by atoms with Crippen LogP contribution >= 0.6 is 11.6 Å². The second-order valence-corrected chi connectivity index (χ2v) is 3.97. The quantitative estimate of drug-likeness (QED) is 0.812. The zero-order chi connectivity index (χ0) is 11.7. The second-order valence-electron chi connectivity index (χ2n) is 3.56. The van der Waals surface area contributed by atoms with Crippen LogP contribution in [-0.2, 0) is 6.54 Å². The van der Waals surface area contributed by atoms with Gasteiger partial charge < -0.3 is 5.11 Å². The van der Waals surface area contributed by atoms with Crippen LogP contribution in [0.25, 0.3) is 0 Å². The Morgan fingerprint density at radius 3 is 2.75 bits per heavy atom. The zero-order valence-corrected chi connectivity index (χ0v) is 9.48. The van der Waals surface area contributed by atoms with Gasteiger partial charge in [-0.3, -0.25) is 9.91 Å². The third-order valence-corrected chi connectivity index (χ3v) is 2.80. The topological polar surface area (TPSA) is 55.8 Å². The molecule has 0 spiro atoms. The molecule has 0 radical (unpaired) electrons. The standard InChI is InChI=1S/C10H12ClN3O2/c1-13-10(16)14(9(15)12-13)6-7-4-2-3-5-8(7)11/h2-5,9,12,15H,6H2,1H3. The lowest BCUT2D eigenvalue weighted by Crippen LogP contribution is -2.36. The van der Waals surface area contributed by atoms with Crippen molar-refractivity contribution in [1.29, 1.82) is 0 Å². The molecule has 0 saturated carbocycles. The molecule has 1 aromatic rings. The Labute approximate surface area is 98.2 Å². The molecule has 5 nitrogen and oxygen atoms in total. The molecule has 1 aliphatic heterocycles. The van der Waals surface area contributed by atoms with E-state index in [1.165, 1.54) is 9.91 Å². The summed E-state index contributed by atoms with van der Waals surface area (Å²) in [6.45, 7) is 0.275. The van der Waals surface area contributed by atoms with E-state index in [0.717, 1.165) is 5.56 Å². The summed E-state index contributed by atoms with van der Waals surface area (Å²) in [6, 6.07) is 6.94. The molecule has 1 aliphatic rings. The van der Waals surface area contributed by atoms with Crippen LogP contribution in [0.2, 0.25) is 5.02 Å². The lowest BCUT2D eigenvalue weighted by Gasteiger charge is -2.18. The van der Waals surface area contributed by atoms with Crippen molar-refractivity contribution in [3.63, 3.8) is 0 Å². The van der Waals surface area contributed by atoms with Crippen molar-refractivity contribution in [2.24, 2.45) is 0 Å². The van der Waals surface area contributed by atoms with E-state index in [1.807, 2.05) is 18.2 Å². The number of urea groups is 1. The number of aliphatic hydroxyl groups excluding tert-OH is 1. The first-order valence-electron chi connectivity index (χ1n) is 4.81. The van der Waals surface area contributed by atoms with Crippen molar-refractivity contribution in [1.82, 2.24) is 15.3 Å². The molecule has 0 bridgehead atoms. The molecule has 1 heterocycles. The van der Waals surface area contributed by atoms with Gasteiger partial charge in [0.05, 0.1) is 6.54 Å². The van der Waals surface area contributed by atoms with Crippen LogP contribution in [-0.4, -0.2) is 34.4 Å². The number of hydrogen-bond donors (Lipinski definition) is 2. The van der Waals surface area contributed by atoms with Crippen molar-refractivity contribution in [3.8, 4) is 0 Å². The van der Waals surface area contributed by atoms with Crippen LogP contribution in [0.1, 0.15) is 5.56 Å². The fourth-order valence-corrected chi connectivity index (χ4v) is 1.76. The van der Waals surface area contributed by atoms with Crippen molar-refractivity contribution in [3.05, 3.63) is 34.9 Å². The molecule has 1 saturated heterocycles. The summed E-state index contributed by atoms with van der Waals surface area (Å²) in [5.41, 5.74) is 3.38. The summed E-state index contributed by atoms with van der Waals surface area (Å²) in [6.07, 6.45) is -1.01. The maximum absolute atomic E-state index is 11.6. The predicted octanol–water partition coefficient (Wildman–Crippen LogP) is 0.988. The van der Waals surface area contributed by atoms with Crippen LogP contribution in [0.5, 0.6) is 0 Å². The van der Waals surface area contributed by atoms with Crippen molar-refractivity contribution >= 4 is 17.6 Å². The third-order valence-electron chi connectivity index (χ3n) is 2.44. The molecule has 2 N–H and O–H groups in total. The van der Waals surface area contributed by atoms with Gasteiger partial charge in [0.25, 0.3) is 0 Å². The first-order chi connectivity index (χ1) is 7.59. The minimum atomic E-state index is -1.01. The number of carbonyl (C=O) groups is 1. The van der Waals surface area contributed by atoms with Gasteiger partial charge in [0.2, 0.25) is 6.35 Å². The van der Waals surface area contributed by atoms with Crippen LogP contribution in [0.15, 0.2) is 24.3 Å². The number of rotatable bonds is 2. The number of hydrazine groups is 1. The van der Waals surface area contributed by atoms with Crippen molar-refractivity contribution in [2.45, 2.75) is 12.9 Å². The molecule has 86 valence electrons. The van der Waals surface area contributed by atoms with Gasteiger partial charge in [-0.15, -0.1) is 0 Å². The number of nitrogens with zero attached hydrogens (tertiary/aromatic N) is 2. The molecule has 6 heteroatoms. The normalized spacial score (nSPS) is 20.7. The SMILES string of the molecule is CN1NC(O)N(Cc2ccccc2Cl)C1=O. The zero-order valence-electron chi connectivity index (χ0n) is 8.72. The van der Waals surface area contributed by atoms with Gasteiger partial charge in [-0.25, -0.2) is 4.79 Å². The smallest absolute Gasteiger partial charge is 0.337 e. The maximum Gasteiger partial charge on any atom is 0.337 e. The van der Waals surface area contributed by atoms with Gasteiger partial charge in [-0.2, -0.15) is 5.43 Å². The molecule has 2 rings (SSSR count). The molecule has 0 aliphatic carbocycles. The van der Waals surface area contributed by atoms with Gasteiger partial charge in [0.15, 0.2) is 0 Å². The van der Waals surface area contributed by atoms with Gasteiger partial charge in [0.1, 0.15) is 0 Å². The molecule has 1 fully saturated rings. The summed E-state index contributed by atoms with van der Waals surface area (Å²) in [5.74, 6) is 0. The number of carbonyl (C=O) groups excluding carboxylic acids is 1. The van der Waals surface area contributed by atoms with Crippen molar-refractivity contribution in [2.75, 3.05) is 7.05 Å². The van der Waals surface area contributed by atoms with E-state index < -0.39 is 6.35 Å². The molecule has 16 heavy (non-hydrogen) atoms. The molecule has 0 aromatic heterocycles. The third kappa shape index (κ3) is 1.97. The van der Waals surface area contributed by atoms with E-state index in [9.17, 15) is 9.90 Å². The van der Waals surface area contributed by atoms with Crippen LogP contribution in [0.3, 0.4) is 0 Å². The summed E-state index contributed by atoms with van der Waals surface area (Å²) in [4.78, 5) is 12.9. The molecular formula is C10H12ClN3O2. The van der Waals surface area contributed by atoms with E-state index in [4.69, 9.17) is 11.6 Å². The number of hydrogen-bond acceptors (Lipinski definition) is 3. The fourth-order valence-electron chi connectivity index (χ4n) is 1.56. The number of benzene rings is 1. The van der Waals surface area contributed by atoms with Crippen molar-refractivity contribution < 1.29 is 9.90 Å². The minimum absolute atomic E-state index is 0.275. The fraction of sp³-hybridized carbons (Fsp3) is 0.300. The molecule has 2 amide bonds. The number of nitrogens with one attached hydrogen (secondary N) is 1. The van der Waals surface area contributed by atoms with Gasteiger partial charge in [-0.05, 0) is 11.6 Å². The Morgan fingerprint density at radius 1 is 1.50 bits per heavy atom. The number of aliphatic hydroxyl groups is 1. The first-order valence-corrected chi connectivity index (χ1v) is 5.19. The highest BCUT2D eigenvalue weighted by molar-refractivity contribution is 6.31. The Bertz CT molecular complexity index is 413. The largest absolute Gasteiger partial charge is 0.360 e. The Morgan fingerprint density at radius 2 is 2.19 bits per heavy atom. The minimum Gasteiger partial charge on any atom is -0.360 e. The second kappa shape index (κ2) is 4.29. The number of halogens is 1. The van der Waals surface area contributed by atoms with Crippen LogP contribution in [0.4, 0.5) is 4.79 Å². The van der Waals surface area contributed by atoms with E-state index in [2.05, 4.69) is 5.43 Å². The van der Waals surface area contributed by atoms with E-state index in [0.29, 0.717) is 5.02 Å². The number of amides is 2. The van der Waals surface area contributed by atoms with E-state index in [1.54, 1.807) is 13.1 Å².